The van der Waals surface area contributed by atoms with Gasteiger partial charge in [0, 0.05) is 19.4 Å². The summed E-state index contributed by atoms with van der Waals surface area (Å²) in [5, 5.41) is 10.7. The molecule has 1 aromatic carbocycles. The zero-order chi connectivity index (χ0) is 15.2. The molecule has 6 heteroatoms. The monoisotopic (exact) mass is 288 g/mol. The molecule has 2 aromatic rings. The van der Waals surface area contributed by atoms with Crippen LogP contribution in [0.2, 0.25) is 0 Å². The Morgan fingerprint density at radius 3 is 2.81 bits per heavy atom. The highest BCUT2D eigenvalue weighted by molar-refractivity contribution is 5.94. The normalized spacial score (nSPS) is 12.1. The van der Waals surface area contributed by atoms with Gasteiger partial charge >= 0.3 is 0 Å². The lowest BCUT2D eigenvalue weighted by Crippen LogP contribution is -2.17. The molecule has 0 aliphatic rings. The summed E-state index contributed by atoms with van der Waals surface area (Å²) in [4.78, 5) is 12.0. The van der Waals surface area contributed by atoms with Gasteiger partial charge in [0.2, 0.25) is 17.7 Å². The zero-order valence-corrected chi connectivity index (χ0v) is 12.3. The molecule has 3 N–H and O–H groups in total. The van der Waals surface area contributed by atoms with Crippen LogP contribution in [0.5, 0.6) is 0 Å². The van der Waals surface area contributed by atoms with Gasteiger partial charge in [0.15, 0.2) is 0 Å². The summed E-state index contributed by atoms with van der Waals surface area (Å²) < 4.78 is 5.41. The van der Waals surface area contributed by atoms with Gasteiger partial charge in [-0.25, -0.2) is 0 Å². The first-order valence-corrected chi connectivity index (χ1v) is 7.01. The lowest BCUT2D eigenvalue weighted by Gasteiger charge is -2.09. The molecular weight excluding hydrogens is 268 g/mol. The summed E-state index contributed by atoms with van der Waals surface area (Å²) in [6.45, 7) is 3.66. The van der Waals surface area contributed by atoms with Crippen LogP contribution in [0, 0.1) is 6.92 Å². The van der Waals surface area contributed by atoms with E-state index in [9.17, 15) is 4.79 Å². The number of nitrogens with zero attached hydrogens (tertiary/aromatic N) is 2. The maximum absolute atomic E-state index is 12.0. The van der Waals surface area contributed by atoms with Gasteiger partial charge in [-0.1, -0.05) is 12.1 Å². The Hall–Kier alpha value is -2.21. The Morgan fingerprint density at radius 1 is 1.38 bits per heavy atom. The van der Waals surface area contributed by atoms with Crippen molar-refractivity contribution >= 4 is 11.6 Å². The molecule has 0 saturated carbocycles. The highest BCUT2D eigenvalue weighted by Gasteiger charge is 2.12. The molecule has 1 aromatic heterocycles. The lowest BCUT2D eigenvalue weighted by atomic mass is 10.1. The average molecular weight is 288 g/mol. The molecule has 0 aliphatic carbocycles. The molecule has 0 radical (unpaired) electrons. The highest BCUT2D eigenvalue weighted by atomic mass is 16.4. The van der Waals surface area contributed by atoms with E-state index in [4.69, 9.17) is 10.2 Å². The second-order valence-corrected chi connectivity index (χ2v) is 5.09. The van der Waals surface area contributed by atoms with E-state index >= 15 is 0 Å². The standard InChI is InChI=1S/C15H20N4O2/c1-10(16)6-5-9-14(20)17-13-8-4-3-7-12(13)15-19-18-11(2)21-15/h3-4,7-8,10H,5-6,9,16H2,1-2H3,(H,17,20). The Labute approximate surface area is 123 Å². The van der Waals surface area contributed by atoms with Crippen molar-refractivity contribution < 1.29 is 9.21 Å². The maximum Gasteiger partial charge on any atom is 0.249 e. The lowest BCUT2D eigenvalue weighted by molar-refractivity contribution is -0.116. The van der Waals surface area contributed by atoms with E-state index < -0.39 is 0 Å². The number of nitrogens with one attached hydrogen (secondary N) is 1. The zero-order valence-electron chi connectivity index (χ0n) is 12.3. The highest BCUT2D eigenvalue weighted by Crippen LogP contribution is 2.26. The van der Waals surface area contributed by atoms with Crippen molar-refractivity contribution in [2.24, 2.45) is 5.73 Å². The second-order valence-electron chi connectivity index (χ2n) is 5.09. The molecule has 1 heterocycles. The smallest absolute Gasteiger partial charge is 0.249 e. The number of rotatable bonds is 6. The van der Waals surface area contributed by atoms with Gasteiger partial charge in [0.25, 0.3) is 0 Å². The minimum absolute atomic E-state index is 0.0423. The predicted molar refractivity (Wildman–Crippen MR) is 80.6 cm³/mol. The van der Waals surface area contributed by atoms with E-state index in [2.05, 4.69) is 15.5 Å². The van der Waals surface area contributed by atoms with Gasteiger partial charge in [-0.15, -0.1) is 10.2 Å². The third kappa shape index (κ3) is 4.39. The van der Waals surface area contributed by atoms with E-state index in [0.717, 1.165) is 18.4 Å². The average Bonchev–Trinajstić information content (AvgIpc) is 2.85. The number of carbonyl (C=O) groups is 1. The Kier molecular flexibility index (Phi) is 5.05. The van der Waals surface area contributed by atoms with Gasteiger partial charge in [-0.3, -0.25) is 4.79 Å². The number of amides is 1. The van der Waals surface area contributed by atoms with Gasteiger partial charge in [-0.2, -0.15) is 0 Å². The first-order chi connectivity index (χ1) is 10.1. The number of benzene rings is 1. The van der Waals surface area contributed by atoms with E-state index in [1.54, 1.807) is 6.92 Å². The van der Waals surface area contributed by atoms with Crippen molar-refractivity contribution in [1.82, 2.24) is 10.2 Å². The summed E-state index contributed by atoms with van der Waals surface area (Å²) in [7, 11) is 0. The van der Waals surface area contributed by atoms with Crippen LogP contribution in [-0.2, 0) is 4.79 Å². The fraction of sp³-hybridized carbons (Fsp3) is 0.400. The van der Waals surface area contributed by atoms with E-state index in [-0.39, 0.29) is 11.9 Å². The molecule has 0 saturated heterocycles. The number of nitrogens with two attached hydrogens (primary N) is 1. The molecule has 0 fully saturated rings. The van der Waals surface area contributed by atoms with Crippen molar-refractivity contribution in [3.63, 3.8) is 0 Å². The number of aryl methyl sites for hydroxylation is 1. The molecule has 2 rings (SSSR count). The molecule has 0 aliphatic heterocycles. The van der Waals surface area contributed by atoms with Gasteiger partial charge in [0.05, 0.1) is 11.3 Å². The van der Waals surface area contributed by atoms with Crippen LogP contribution in [0.15, 0.2) is 28.7 Å². The SMILES string of the molecule is Cc1nnc(-c2ccccc2NC(=O)CCCC(C)N)o1. The topological polar surface area (TPSA) is 94.0 Å². The molecule has 21 heavy (non-hydrogen) atoms. The fourth-order valence-corrected chi connectivity index (χ4v) is 1.98. The van der Waals surface area contributed by atoms with Crippen molar-refractivity contribution in [1.29, 1.82) is 0 Å². The maximum atomic E-state index is 12.0. The van der Waals surface area contributed by atoms with Crippen molar-refractivity contribution in [2.45, 2.75) is 39.2 Å². The number of para-hydroxylation sites is 1. The first-order valence-electron chi connectivity index (χ1n) is 7.01. The summed E-state index contributed by atoms with van der Waals surface area (Å²) >= 11 is 0. The second kappa shape index (κ2) is 6.99. The van der Waals surface area contributed by atoms with Crippen LogP contribution in [-0.4, -0.2) is 22.1 Å². The molecule has 1 amide bonds. The Balaban J connectivity index is 2.05. The number of carbonyl (C=O) groups excluding carboxylic acids is 1. The predicted octanol–water partition coefficient (Wildman–Crippen LogP) is 2.50. The summed E-state index contributed by atoms with van der Waals surface area (Å²) in [6.07, 6.45) is 2.04. The van der Waals surface area contributed by atoms with E-state index in [1.165, 1.54) is 0 Å². The van der Waals surface area contributed by atoms with Crippen LogP contribution < -0.4 is 11.1 Å². The minimum atomic E-state index is -0.0423. The Bertz CT molecular complexity index is 607. The summed E-state index contributed by atoms with van der Waals surface area (Å²) in [5.74, 6) is 0.849. The molecule has 0 bridgehead atoms. The number of anilines is 1. The fourth-order valence-electron chi connectivity index (χ4n) is 1.98. The van der Waals surface area contributed by atoms with Gasteiger partial charge in [-0.05, 0) is 31.9 Å². The van der Waals surface area contributed by atoms with Crippen LogP contribution in [0.4, 0.5) is 5.69 Å². The van der Waals surface area contributed by atoms with Gasteiger partial charge in [0.1, 0.15) is 0 Å². The van der Waals surface area contributed by atoms with Crippen molar-refractivity contribution in [2.75, 3.05) is 5.32 Å². The third-order valence-corrected chi connectivity index (χ3v) is 3.02. The first kappa shape index (κ1) is 15.2. The number of hydrogen-bond acceptors (Lipinski definition) is 5. The van der Waals surface area contributed by atoms with Gasteiger partial charge < -0.3 is 15.5 Å². The van der Waals surface area contributed by atoms with Crippen LogP contribution in [0.25, 0.3) is 11.5 Å². The quantitative estimate of drug-likeness (QED) is 0.851. The van der Waals surface area contributed by atoms with Crippen molar-refractivity contribution in [3.05, 3.63) is 30.2 Å². The van der Waals surface area contributed by atoms with Crippen LogP contribution in [0.3, 0.4) is 0 Å². The van der Waals surface area contributed by atoms with E-state index in [1.807, 2.05) is 31.2 Å². The van der Waals surface area contributed by atoms with Crippen molar-refractivity contribution in [3.8, 4) is 11.5 Å². The third-order valence-electron chi connectivity index (χ3n) is 3.02. The van der Waals surface area contributed by atoms with E-state index in [0.29, 0.717) is 23.9 Å². The molecular formula is C15H20N4O2. The molecule has 6 nitrogen and oxygen atoms in total. The minimum Gasteiger partial charge on any atom is -0.421 e. The summed E-state index contributed by atoms with van der Waals surface area (Å²) in [5.41, 5.74) is 7.07. The molecule has 0 spiro atoms. The molecule has 1 atom stereocenters. The Morgan fingerprint density at radius 2 is 2.14 bits per heavy atom. The van der Waals surface area contributed by atoms with Crippen LogP contribution >= 0.6 is 0 Å². The summed E-state index contributed by atoms with van der Waals surface area (Å²) in [6, 6.07) is 7.49. The molecule has 1 unspecified atom stereocenters. The molecule has 112 valence electrons. The van der Waals surface area contributed by atoms with Crippen LogP contribution in [0.1, 0.15) is 32.1 Å². The number of hydrogen-bond donors (Lipinski definition) is 2. The number of aromatic nitrogens is 2. The largest absolute Gasteiger partial charge is 0.421 e.